The predicted molar refractivity (Wildman–Crippen MR) is 97.1 cm³/mol. The third kappa shape index (κ3) is 3.73. The lowest BCUT2D eigenvalue weighted by molar-refractivity contribution is 0.0611. The third-order valence-electron chi connectivity index (χ3n) is 4.76. The molecule has 4 heteroatoms. The average Bonchev–Trinajstić information content (AvgIpc) is 2.67. The van der Waals surface area contributed by atoms with Crippen LogP contribution in [0.3, 0.4) is 0 Å². The van der Waals surface area contributed by atoms with E-state index in [2.05, 4.69) is 0 Å². The molecule has 4 nitrogen and oxygen atoms in total. The summed E-state index contributed by atoms with van der Waals surface area (Å²) in [6, 6.07) is 15.0. The Morgan fingerprint density at radius 3 is 2.56 bits per heavy atom. The van der Waals surface area contributed by atoms with Crippen LogP contribution in [0.25, 0.3) is 0 Å². The maximum Gasteiger partial charge on any atom is 0.254 e. The number of methoxy groups -OCH3 is 1. The molecule has 0 saturated carbocycles. The second kappa shape index (κ2) is 7.51. The topological polar surface area (TPSA) is 46.6 Å². The lowest BCUT2D eigenvalue weighted by Crippen LogP contribution is -2.38. The van der Waals surface area contributed by atoms with E-state index >= 15 is 0 Å². The Morgan fingerprint density at radius 1 is 1.04 bits per heavy atom. The normalized spacial score (nSPS) is 17.2. The van der Waals surface area contributed by atoms with Gasteiger partial charge in [-0.2, -0.15) is 0 Å². The summed E-state index contributed by atoms with van der Waals surface area (Å²) in [5.41, 5.74) is 2.23. The van der Waals surface area contributed by atoms with Crippen molar-refractivity contribution in [3.63, 3.8) is 0 Å². The highest BCUT2D eigenvalue weighted by molar-refractivity contribution is 5.99. The van der Waals surface area contributed by atoms with Crippen molar-refractivity contribution in [3.05, 3.63) is 65.2 Å². The standard InChI is InChI=1S/C21H23NO3/c1-15(23)16-7-5-9-18(13-16)21(24)22-12-4-3-11-20(22)17-8-6-10-19(14-17)25-2/h5-10,13-14,20H,3-4,11-12H2,1-2H3/t20-/m0/s1. The molecule has 1 aliphatic heterocycles. The molecule has 0 N–H and O–H groups in total. The number of benzene rings is 2. The zero-order valence-electron chi connectivity index (χ0n) is 14.7. The van der Waals surface area contributed by atoms with Crippen LogP contribution in [-0.4, -0.2) is 30.2 Å². The predicted octanol–water partition coefficient (Wildman–Crippen LogP) is 4.27. The number of rotatable bonds is 4. The number of hydrogen-bond donors (Lipinski definition) is 0. The number of ketones is 1. The summed E-state index contributed by atoms with van der Waals surface area (Å²) in [4.78, 5) is 26.6. The van der Waals surface area contributed by atoms with Crippen molar-refractivity contribution < 1.29 is 14.3 Å². The number of amides is 1. The van der Waals surface area contributed by atoms with Crippen LogP contribution in [0, 0.1) is 0 Å². The first-order valence-corrected chi connectivity index (χ1v) is 8.66. The van der Waals surface area contributed by atoms with Gasteiger partial charge in [0, 0.05) is 17.7 Å². The maximum absolute atomic E-state index is 13.1. The molecule has 0 aromatic heterocycles. The molecule has 0 bridgehead atoms. The highest BCUT2D eigenvalue weighted by atomic mass is 16.5. The van der Waals surface area contributed by atoms with E-state index in [-0.39, 0.29) is 17.7 Å². The van der Waals surface area contributed by atoms with Crippen LogP contribution in [0.2, 0.25) is 0 Å². The monoisotopic (exact) mass is 337 g/mol. The van der Waals surface area contributed by atoms with Crippen LogP contribution in [0.5, 0.6) is 5.75 Å². The fourth-order valence-electron chi connectivity index (χ4n) is 3.41. The van der Waals surface area contributed by atoms with Gasteiger partial charge in [-0.1, -0.05) is 24.3 Å². The smallest absolute Gasteiger partial charge is 0.254 e. The van der Waals surface area contributed by atoms with Gasteiger partial charge in [-0.05, 0) is 56.0 Å². The molecule has 1 atom stereocenters. The Balaban J connectivity index is 1.91. The van der Waals surface area contributed by atoms with Gasteiger partial charge >= 0.3 is 0 Å². The number of hydrogen-bond acceptors (Lipinski definition) is 3. The number of nitrogens with zero attached hydrogens (tertiary/aromatic N) is 1. The molecule has 1 aliphatic rings. The number of piperidine rings is 1. The lowest BCUT2D eigenvalue weighted by Gasteiger charge is -2.36. The van der Waals surface area contributed by atoms with Crippen LogP contribution < -0.4 is 4.74 Å². The van der Waals surface area contributed by atoms with Gasteiger partial charge in [0.05, 0.1) is 13.2 Å². The van der Waals surface area contributed by atoms with Crippen molar-refractivity contribution in [1.82, 2.24) is 4.90 Å². The van der Waals surface area contributed by atoms with E-state index < -0.39 is 0 Å². The van der Waals surface area contributed by atoms with E-state index in [1.54, 1.807) is 31.4 Å². The molecule has 1 fully saturated rings. The van der Waals surface area contributed by atoms with Crippen LogP contribution in [0.15, 0.2) is 48.5 Å². The number of Topliss-reactive ketones (excluding diaryl/α,β-unsaturated/α-hetero) is 1. The van der Waals surface area contributed by atoms with Crippen molar-refractivity contribution >= 4 is 11.7 Å². The van der Waals surface area contributed by atoms with Gasteiger partial charge in [0.2, 0.25) is 0 Å². The molecule has 1 saturated heterocycles. The summed E-state index contributed by atoms with van der Waals surface area (Å²) in [5, 5.41) is 0. The maximum atomic E-state index is 13.1. The molecule has 2 aromatic carbocycles. The summed E-state index contributed by atoms with van der Waals surface area (Å²) in [6.45, 7) is 2.24. The van der Waals surface area contributed by atoms with Crippen molar-refractivity contribution in [2.24, 2.45) is 0 Å². The first kappa shape index (κ1) is 17.2. The molecule has 0 radical (unpaired) electrons. The molecule has 0 aliphatic carbocycles. The average molecular weight is 337 g/mol. The Morgan fingerprint density at radius 2 is 1.80 bits per heavy atom. The van der Waals surface area contributed by atoms with Gasteiger partial charge in [-0.15, -0.1) is 0 Å². The van der Waals surface area contributed by atoms with E-state index in [0.717, 1.165) is 37.1 Å². The SMILES string of the molecule is COc1cccc([C@@H]2CCCCN2C(=O)c2cccc(C(C)=O)c2)c1. The Labute approximate surface area is 148 Å². The number of ether oxygens (including phenoxy) is 1. The van der Waals surface area contributed by atoms with Gasteiger partial charge in [0.15, 0.2) is 5.78 Å². The lowest BCUT2D eigenvalue weighted by atomic mass is 9.94. The van der Waals surface area contributed by atoms with Gasteiger partial charge in [0.1, 0.15) is 5.75 Å². The van der Waals surface area contributed by atoms with Crippen molar-refractivity contribution in [3.8, 4) is 5.75 Å². The van der Waals surface area contributed by atoms with Crippen molar-refractivity contribution in [2.75, 3.05) is 13.7 Å². The summed E-state index contributed by atoms with van der Waals surface area (Å²) in [6.07, 6.45) is 3.03. The van der Waals surface area contributed by atoms with Crippen LogP contribution in [0.4, 0.5) is 0 Å². The van der Waals surface area contributed by atoms with Crippen molar-refractivity contribution in [1.29, 1.82) is 0 Å². The second-order valence-electron chi connectivity index (χ2n) is 6.42. The minimum Gasteiger partial charge on any atom is -0.497 e. The van der Waals surface area contributed by atoms with Gasteiger partial charge in [-0.25, -0.2) is 0 Å². The third-order valence-corrected chi connectivity index (χ3v) is 4.76. The van der Waals surface area contributed by atoms with Gasteiger partial charge < -0.3 is 9.64 Å². The zero-order chi connectivity index (χ0) is 17.8. The summed E-state index contributed by atoms with van der Waals surface area (Å²) in [5.74, 6) is 0.752. The number of likely N-dealkylation sites (tertiary alicyclic amines) is 1. The van der Waals surface area contributed by atoms with Crippen LogP contribution in [0.1, 0.15) is 58.5 Å². The Hall–Kier alpha value is -2.62. The highest BCUT2D eigenvalue weighted by Gasteiger charge is 2.29. The molecule has 1 heterocycles. The van der Waals surface area contributed by atoms with E-state index in [0.29, 0.717) is 11.1 Å². The molecule has 25 heavy (non-hydrogen) atoms. The van der Waals surface area contributed by atoms with Gasteiger partial charge in [0.25, 0.3) is 5.91 Å². The highest BCUT2D eigenvalue weighted by Crippen LogP contribution is 2.33. The molecule has 1 amide bonds. The molecule has 3 rings (SSSR count). The summed E-state index contributed by atoms with van der Waals surface area (Å²) >= 11 is 0. The minimum atomic E-state index is -0.0300. The first-order valence-electron chi connectivity index (χ1n) is 8.66. The fraction of sp³-hybridized carbons (Fsp3) is 0.333. The van der Waals surface area contributed by atoms with Crippen LogP contribution >= 0.6 is 0 Å². The number of carbonyl (C=O) groups excluding carboxylic acids is 2. The van der Waals surface area contributed by atoms with Crippen LogP contribution in [-0.2, 0) is 0 Å². The van der Waals surface area contributed by atoms with Crippen molar-refractivity contribution in [2.45, 2.75) is 32.2 Å². The van der Waals surface area contributed by atoms with Gasteiger partial charge in [-0.3, -0.25) is 9.59 Å². The molecule has 2 aromatic rings. The quantitative estimate of drug-likeness (QED) is 0.783. The minimum absolute atomic E-state index is 0.0179. The molecule has 130 valence electrons. The van der Waals surface area contributed by atoms with E-state index in [1.165, 1.54) is 6.92 Å². The second-order valence-corrected chi connectivity index (χ2v) is 6.42. The van der Waals surface area contributed by atoms with E-state index in [1.807, 2.05) is 29.2 Å². The Kier molecular flexibility index (Phi) is 5.17. The number of carbonyl (C=O) groups is 2. The Bertz CT molecular complexity index is 784. The van der Waals surface area contributed by atoms with E-state index in [4.69, 9.17) is 4.74 Å². The first-order chi connectivity index (χ1) is 12.1. The molecular weight excluding hydrogens is 314 g/mol. The zero-order valence-corrected chi connectivity index (χ0v) is 14.7. The largest absolute Gasteiger partial charge is 0.497 e. The van der Waals surface area contributed by atoms with E-state index in [9.17, 15) is 9.59 Å². The summed E-state index contributed by atoms with van der Waals surface area (Å²) < 4.78 is 5.33. The molecule has 0 spiro atoms. The fourth-order valence-corrected chi connectivity index (χ4v) is 3.41. The molecule has 0 unspecified atom stereocenters. The summed E-state index contributed by atoms with van der Waals surface area (Å²) in [7, 11) is 1.65. The molecular formula is C21H23NO3.